The van der Waals surface area contributed by atoms with E-state index in [2.05, 4.69) is 78.9 Å². The van der Waals surface area contributed by atoms with Gasteiger partial charge in [0.05, 0.1) is 23.1 Å². The summed E-state index contributed by atoms with van der Waals surface area (Å²) in [6.07, 6.45) is 0.355. The molecule has 0 saturated carbocycles. The molecule has 35 heavy (non-hydrogen) atoms. The molecule has 3 aromatic carbocycles. The molecule has 10 heteroatoms. The first-order chi connectivity index (χ1) is 16.3. The van der Waals surface area contributed by atoms with Crippen LogP contribution in [-0.2, 0) is 21.0 Å². The molecule has 5 nitrogen and oxygen atoms in total. The molecule has 190 valence electrons. The lowest BCUT2D eigenvalue weighted by atomic mass is 10.3. The normalized spacial score (nSPS) is 11.9. The van der Waals surface area contributed by atoms with E-state index in [0.717, 1.165) is 11.5 Å². The van der Waals surface area contributed by atoms with Crippen LogP contribution in [0.3, 0.4) is 0 Å². The molecule has 0 radical (unpaired) electrons. The number of halogens is 3. The van der Waals surface area contributed by atoms with Crippen molar-refractivity contribution >= 4 is 21.0 Å². The Bertz CT molecular complexity index is 1090. The van der Waals surface area contributed by atoms with Crippen LogP contribution >= 0.6 is 0 Å². The van der Waals surface area contributed by atoms with E-state index in [-0.39, 0.29) is 23.1 Å². The first-order valence-corrected chi connectivity index (χ1v) is 13.3. The number of ether oxygens (including phenoxy) is 2. The topological polar surface area (TPSA) is 75.7 Å². The molecule has 0 heterocycles. The molecule has 0 unspecified atom stereocenters. The summed E-state index contributed by atoms with van der Waals surface area (Å²) in [6.45, 7) is 8.18. The number of benzene rings is 3. The molecule has 0 saturated heterocycles. The van der Waals surface area contributed by atoms with E-state index >= 15 is 0 Å². The number of hydrogen-bond donors (Lipinski definition) is 0. The molecule has 0 aliphatic heterocycles. The zero-order valence-corrected chi connectivity index (χ0v) is 21.3. The van der Waals surface area contributed by atoms with Gasteiger partial charge in [-0.2, -0.15) is 13.2 Å². The lowest BCUT2D eigenvalue weighted by molar-refractivity contribution is -0.0517. The van der Waals surface area contributed by atoms with Crippen molar-refractivity contribution in [2.45, 2.75) is 60.1 Å². The summed E-state index contributed by atoms with van der Waals surface area (Å²) in [4.78, 5) is 3.84. The van der Waals surface area contributed by atoms with Crippen LogP contribution in [0, 0.1) is 0 Å². The maximum Gasteiger partial charge on any atom is 0.485 e. The Balaban J connectivity index is 0.000000466. The molecule has 3 aromatic rings. The fraction of sp³-hybridized carbons (Fsp3) is 0.280. The van der Waals surface area contributed by atoms with Crippen LogP contribution in [0.1, 0.15) is 27.7 Å². The first kappa shape index (κ1) is 28.5. The van der Waals surface area contributed by atoms with Crippen molar-refractivity contribution in [3.63, 3.8) is 0 Å². The van der Waals surface area contributed by atoms with Crippen molar-refractivity contribution in [3.05, 3.63) is 78.9 Å². The highest BCUT2D eigenvalue weighted by Crippen LogP contribution is 2.33. The minimum atomic E-state index is -6.09. The van der Waals surface area contributed by atoms with E-state index in [0.29, 0.717) is 0 Å². The average molecular weight is 529 g/mol. The van der Waals surface area contributed by atoms with E-state index < -0.39 is 15.6 Å². The van der Waals surface area contributed by atoms with Gasteiger partial charge < -0.3 is 14.0 Å². The molecule has 0 atom stereocenters. The van der Waals surface area contributed by atoms with Gasteiger partial charge in [0.2, 0.25) is 0 Å². The molecule has 0 spiro atoms. The Morgan fingerprint density at radius 1 is 0.686 bits per heavy atom. The molecule has 0 aromatic heterocycles. The molecule has 0 aliphatic rings. The van der Waals surface area contributed by atoms with Crippen LogP contribution in [0.2, 0.25) is 0 Å². The lowest BCUT2D eigenvalue weighted by Gasteiger charge is -2.12. The second-order valence-corrected chi connectivity index (χ2v) is 11.2. The second kappa shape index (κ2) is 12.3. The van der Waals surface area contributed by atoms with Gasteiger partial charge in [0.15, 0.2) is 24.8 Å². The SMILES string of the molecule is CC(C)Oc1ccc([S+](c2ccccc2)c2ccc(OC(C)C)cc2)cc1.O=S(=O)([O-])C(F)(F)F. The van der Waals surface area contributed by atoms with Crippen molar-refractivity contribution in [1.82, 2.24) is 0 Å². The van der Waals surface area contributed by atoms with Gasteiger partial charge in [0.25, 0.3) is 0 Å². The molecule has 0 N–H and O–H groups in total. The minimum Gasteiger partial charge on any atom is -0.741 e. The van der Waals surface area contributed by atoms with E-state index in [1.54, 1.807) is 0 Å². The maximum absolute atomic E-state index is 10.7. The minimum absolute atomic E-state index is 0.168. The Labute approximate surface area is 207 Å². The van der Waals surface area contributed by atoms with Crippen LogP contribution in [0.25, 0.3) is 0 Å². The highest BCUT2D eigenvalue weighted by Gasteiger charge is 2.37. The average Bonchev–Trinajstić information content (AvgIpc) is 2.75. The summed E-state index contributed by atoms with van der Waals surface area (Å²) in [7, 11) is -6.26. The quantitative estimate of drug-likeness (QED) is 0.201. The van der Waals surface area contributed by atoms with Crippen molar-refractivity contribution in [2.24, 2.45) is 0 Å². The Hall–Kier alpha value is -2.69. The number of alkyl halides is 3. The molecule has 3 rings (SSSR count). The smallest absolute Gasteiger partial charge is 0.485 e. The van der Waals surface area contributed by atoms with Crippen molar-refractivity contribution in [3.8, 4) is 11.5 Å². The molecule has 0 aliphatic carbocycles. The molecular formula is C25H27F3O5S2. The van der Waals surface area contributed by atoms with Crippen LogP contribution < -0.4 is 9.47 Å². The van der Waals surface area contributed by atoms with Crippen molar-refractivity contribution in [2.75, 3.05) is 0 Å². The summed E-state index contributed by atoms with van der Waals surface area (Å²) >= 11 is 0. The van der Waals surface area contributed by atoms with Gasteiger partial charge in [-0.1, -0.05) is 18.2 Å². The summed E-state index contributed by atoms with van der Waals surface area (Å²) in [5, 5.41) is 0. The molecule has 0 fully saturated rings. The van der Waals surface area contributed by atoms with Gasteiger partial charge in [-0.05, 0) is 88.4 Å². The summed E-state index contributed by atoms with van der Waals surface area (Å²) in [5.74, 6) is 1.82. The van der Waals surface area contributed by atoms with E-state index in [1.165, 1.54) is 14.7 Å². The summed E-state index contributed by atoms with van der Waals surface area (Å²) in [5.41, 5.74) is -5.65. The van der Waals surface area contributed by atoms with Crippen LogP contribution in [0.15, 0.2) is 93.5 Å². The second-order valence-electron chi connectivity index (χ2n) is 7.80. The largest absolute Gasteiger partial charge is 0.741 e. The predicted molar refractivity (Wildman–Crippen MR) is 129 cm³/mol. The standard InChI is InChI=1S/C24H27O2S.CHF3O3S/c1-18(2)25-20-10-14-23(15-11-20)27(22-8-6-5-7-9-22)24-16-12-21(13-17-24)26-19(3)4;2-1(3,4)8(5,6)7/h5-19H,1-4H3;(H,5,6,7)/q+1;/p-1. The summed E-state index contributed by atoms with van der Waals surface area (Å²) < 4.78 is 70.5. The maximum atomic E-state index is 10.7. The zero-order chi connectivity index (χ0) is 26.2. The third kappa shape index (κ3) is 9.12. The van der Waals surface area contributed by atoms with Gasteiger partial charge in [0.1, 0.15) is 11.5 Å². The lowest BCUT2D eigenvalue weighted by Crippen LogP contribution is -2.21. The Kier molecular flexibility index (Phi) is 10.1. The third-order valence-electron chi connectivity index (χ3n) is 4.12. The monoisotopic (exact) mass is 528 g/mol. The zero-order valence-electron chi connectivity index (χ0n) is 19.7. The van der Waals surface area contributed by atoms with Crippen molar-refractivity contribution < 1.29 is 35.6 Å². The number of hydrogen-bond acceptors (Lipinski definition) is 5. The Morgan fingerprint density at radius 3 is 1.29 bits per heavy atom. The Morgan fingerprint density at radius 2 is 1.00 bits per heavy atom. The van der Waals surface area contributed by atoms with Crippen molar-refractivity contribution in [1.29, 1.82) is 0 Å². The van der Waals surface area contributed by atoms with Crippen LogP contribution in [0.4, 0.5) is 13.2 Å². The van der Waals surface area contributed by atoms with Gasteiger partial charge in [0, 0.05) is 0 Å². The highest BCUT2D eigenvalue weighted by molar-refractivity contribution is 7.97. The summed E-state index contributed by atoms with van der Waals surface area (Å²) in [6, 6.07) is 27.6. The molecule has 0 amide bonds. The van der Waals surface area contributed by atoms with Gasteiger partial charge in [-0.3, -0.25) is 0 Å². The van der Waals surface area contributed by atoms with E-state index in [9.17, 15) is 13.2 Å². The fourth-order valence-electron chi connectivity index (χ4n) is 2.82. The molecular weight excluding hydrogens is 501 g/mol. The predicted octanol–water partition coefficient (Wildman–Crippen LogP) is 6.41. The van der Waals surface area contributed by atoms with Crippen LogP contribution in [-0.4, -0.2) is 30.7 Å². The third-order valence-corrected chi connectivity index (χ3v) is 6.92. The van der Waals surface area contributed by atoms with Gasteiger partial charge >= 0.3 is 5.51 Å². The fourth-order valence-corrected chi connectivity index (χ4v) is 4.88. The van der Waals surface area contributed by atoms with E-state index in [4.69, 9.17) is 22.4 Å². The van der Waals surface area contributed by atoms with Gasteiger partial charge in [-0.15, -0.1) is 0 Å². The van der Waals surface area contributed by atoms with Crippen LogP contribution in [0.5, 0.6) is 11.5 Å². The number of rotatable bonds is 7. The highest BCUT2D eigenvalue weighted by atomic mass is 32.2. The van der Waals surface area contributed by atoms with E-state index in [1.807, 2.05) is 27.7 Å². The first-order valence-electron chi connectivity index (χ1n) is 10.6. The molecule has 0 bridgehead atoms. The van der Waals surface area contributed by atoms with Gasteiger partial charge in [-0.25, -0.2) is 8.42 Å².